The lowest BCUT2D eigenvalue weighted by atomic mass is 10.0. The molecule has 8 nitrogen and oxygen atoms in total. The smallest absolute Gasteiger partial charge is 0.257 e. The number of carbonyl (C=O) groups is 2. The van der Waals surface area contributed by atoms with E-state index in [0.29, 0.717) is 64.6 Å². The minimum atomic E-state index is -0.312. The Bertz CT molecular complexity index is 945. The van der Waals surface area contributed by atoms with Gasteiger partial charge in [0.05, 0.1) is 42.9 Å². The summed E-state index contributed by atoms with van der Waals surface area (Å²) in [6.07, 6.45) is 1.61. The predicted octanol–water partition coefficient (Wildman–Crippen LogP) is 1.75. The van der Waals surface area contributed by atoms with Gasteiger partial charge in [0, 0.05) is 39.3 Å². The summed E-state index contributed by atoms with van der Waals surface area (Å²) in [5.41, 5.74) is 2.11. The van der Waals surface area contributed by atoms with Gasteiger partial charge in [-0.2, -0.15) is 5.10 Å². The maximum absolute atomic E-state index is 13.3. The number of rotatable bonds is 5. The Labute approximate surface area is 187 Å². The summed E-state index contributed by atoms with van der Waals surface area (Å²) in [7, 11) is 0. The number of carbonyl (C=O) groups excluding carboxylic acids is 2. The Morgan fingerprint density at radius 3 is 2.28 bits per heavy atom. The van der Waals surface area contributed by atoms with Crippen LogP contribution in [0.2, 0.25) is 0 Å². The van der Waals surface area contributed by atoms with E-state index in [1.54, 1.807) is 23.0 Å². The first-order valence-electron chi connectivity index (χ1n) is 11.1. The third-order valence-corrected chi connectivity index (χ3v) is 6.04. The van der Waals surface area contributed by atoms with E-state index < -0.39 is 0 Å². The molecule has 2 fully saturated rings. The van der Waals surface area contributed by atoms with E-state index in [1.807, 2.05) is 23.6 Å². The second-order valence-electron chi connectivity index (χ2n) is 8.55. The van der Waals surface area contributed by atoms with E-state index in [9.17, 15) is 14.0 Å². The number of piperazine rings is 1. The van der Waals surface area contributed by atoms with Gasteiger partial charge < -0.3 is 14.5 Å². The zero-order chi connectivity index (χ0) is 22.7. The number of morpholine rings is 1. The number of nitrogens with zero attached hydrogens (tertiary/aromatic N) is 5. The predicted molar refractivity (Wildman–Crippen MR) is 117 cm³/mol. The first kappa shape index (κ1) is 22.4. The van der Waals surface area contributed by atoms with Crippen LogP contribution in [0.1, 0.15) is 35.8 Å². The molecule has 0 radical (unpaired) electrons. The summed E-state index contributed by atoms with van der Waals surface area (Å²) >= 11 is 0. The topological polar surface area (TPSA) is 70.9 Å². The van der Waals surface area contributed by atoms with E-state index >= 15 is 0 Å². The van der Waals surface area contributed by atoms with Crippen LogP contribution in [0.15, 0.2) is 30.5 Å². The minimum Gasteiger partial charge on any atom is -0.378 e. The molecule has 1 aromatic heterocycles. The van der Waals surface area contributed by atoms with Gasteiger partial charge in [-0.25, -0.2) is 9.07 Å². The number of hydrogen-bond donors (Lipinski definition) is 0. The SMILES string of the molecule is CC(C)c1c(C(=O)N2CCN(CC(=O)N3CCOCC3)CC2)cnn1-c1ccc(F)cc1. The molecule has 2 amide bonds. The van der Waals surface area contributed by atoms with Crippen LogP contribution in [-0.4, -0.2) is 95.3 Å². The fraction of sp³-hybridized carbons (Fsp3) is 0.522. The van der Waals surface area contributed by atoms with E-state index in [2.05, 4.69) is 10.00 Å². The molecule has 0 spiro atoms. The average molecular weight is 444 g/mol. The third kappa shape index (κ3) is 4.83. The molecule has 2 aromatic rings. The second kappa shape index (κ2) is 9.79. The van der Waals surface area contributed by atoms with Crippen molar-refractivity contribution >= 4 is 11.8 Å². The molecule has 2 aliphatic rings. The largest absolute Gasteiger partial charge is 0.378 e. The molecule has 3 heterocycles. The fourth-order valence-electron chi connectivity index (χ4n) is 4.25. The Morgan fingerprint density at radius 2 is 1.66 bits per heavy atom. The Hall–Kier alpha value is -2.78. The molecule has 0 unspecified atom stereocenters. The quantitative estimate of drug-likeness (QED) is 0.704. The van der Waals surface area contributed by atoms with Crippen molar-refractivity contribution in [3.8, 4) is 5.69 Å². The van der Waals surface area contributed by atoms with Crippen LogP contribution in [0.3, 0.4) is 0 Å². The van der Waals surface area contributed by atoms with Gasteiger partial charge in [-0.3, -0.25) is 14.5 Å². The van der Waals surface area contributed by atoms with E-state index in [1.165, 1.54) is 12.1 Å². The Balaban J connectivity index is 1.41. The molecule has 4 rings (SSSR count). The highest BCUT2D eigenvalue weighted by atomic mass is 19.1. The lowest BCUT2D eigenvalue weighted by Crippen LogP contribution is -2.52. The van der Waals surface area contributed by atoms with Crippen molar-refractivity contribution in [1.29, 1.82) is 0 Å². The van der Waals surface area contributed by atoms with E-state index in [0.717, 1.165) is 11.4 Å². The van der Waals surface area contributed by atoms with Gasteiger partial charge in [-0.1, -0.05) is 13.8 Å². The van der Waals surface area contributed by atoms with Crippen LogP contribution in [0.5, 0.6) is 0 Å². The van der Waals surface area contributed by atoms with Gasteiger partial charge in [0.1, 0.15) is 5.82 Å². The standard InChI is InChI=1S/C23H30FN5O3/c1-17(2)22-20(15-25-29(22)19-5-3-18(24)4-6-19)23(31)28-9-7-26(8-10-28)16-21(30)27-11-13-32-14-12-27/h3-6,15,17H,7-14,16H2,1-2H3. The van der Waals surface area contributed by atoms with Crippen molar-refractivity contribution in [2.24, 2.45) is 0 Å². The van der Waals surface area contributed by atoms with Crippen LogP contribution >= 0.6 is 0 Å². The number of ether oxygens (including phenoxy) is 1. The summed E-state index contributed by atoms with van der Waals surface area (Å²) < 4.78 is 20.4. The first-order valence-corrected chi connectivity index (χ1v) is 11.1. The molecule has 0 atom stereocenters. The van der Waals surface area contributed by atoms with Gasteiger partial charge in [0.15, 0.2) is 0 Å². The summed E-state index contributed by atoms with van der Waals surface area (Å²) in [6, 6.07) is 6.10. The number of aromatic nitrogens is 2. The van der Waals surface area contributed by atoms with Crippen molar-refractivity contribution < 1.29 is 18.7 Å². The van der Waals surface area contributed by atoms with Crippen molar-refractivity contribution in [2.75, 3.05) is 59.0 Å². The van der Waals surface area contributed by atoms with Crippen molar-refractivity contribution in [3.63, 3.8) is 0 Å². The molecule has 0 saturated carbocycles. The highest BCUT2D eigenvalue weighted by molar-refractivity contribution is 5.95. The van der Waals surface area contributed by atoms with E-state index in [4.69, 9.17) is 4.74 Å². The lowest BCUT2D eigenvalue weighted by molar-refractivity contribution is -0.136. The third-order valence-electron chi connectivity index (χ3n) is 6.04. The summed E-state index contributed by atoms with van der Waals surface area (Å²) in [5, 5.41) is 4.44. The number of halogens is 1. The minimum absolute atomic E-state index is 0.0544. The summed E-state index contributed by atoms with van der Waals surface area (Å²) in [4.78, 5) is 31.6. The highest BCUT2D eigenvalue weighted by Crippen LogP contribution is 2.25. The number of benzene rings is 1. The maximum atomic E-state index is 13.3. The second-order valence-corrected chi connectivity index (χ2v) is 8.55. The van der Waals surface area contributed by atoms with E-state index in [-0.39, 0.29) is 23.5 Å². The Kier molecular flexibility index (Phi) is 6.86. The Morgan fingerprint density at radius 1 is 1.00 bits per heavy atom. The fourth-order valence-corrected chi connectivity index (χ4v) is 4.25. The van der Waals surface area contributed by atoms with Gasteiger partial charge in [0.2, 0.25) is 5.91 Å². The van der Waals surface area contributed by atoms with Gasteiger partial charge in [0.25, 0.3) is 5.91 Å². The van der Waals surface area contributed by atoms with Crippen molar-refractivity contribution in [1.82, 2.24) is 24.5 Å². The molecule has 2 aliphatic heterocycles. The van der Waals surface area contributed by atoms with Crippen molar-refractivity contribution in [3.05, 3.63) is 47.5 Å². The summed E-state index contributed by atoms with van der Waals surface area (Å²) in [5.74, 6) is -0.181. The molecule has 9 heteroatoms. The zero-order valence-corrected chi connectivity index (χ0v) is 18.7. The van der Waals surface area contributed by atoms with Gasteiger partial charge >= 0.3 is 0 Å². The normalized spacial score (nSPS) is 17.8. The number of hydrogen-bond acceptors (Lipinski definition) is 5. The van der Waals surface area contributed by atoms with Gasteiger partial charge in [-0.05, 0) is 30.2 Å². The summed E-state index contributed by atoms with van der Waals surface area (Å²) in [6.45, 7) is 9.34. The van der Waals surface area contributed by atoms with Crippen molar-refractivity contribution in [2.45, 2.75) is 19.8 Å². The molecule has 1 aromatic carbocycles. The molecule has 0 N–H and O–H groups in total. The molecule has 0 bridgehead atoms. The van der Waals surface area contributed by atoms with Crippen LogP contribution < -0.4 is 0 Å². The molecular weight excluding hydrogens is 413 g/mol. The molecule has 172 valence electrons. The van der Waals surface area contributed by atoms with Crippen LogP contribution in [-0.2, 0) is 9.53 Å². The molecule has 32 heavy (non-hydrogen) atoms. The lowest BCUT2D eigenvalue weighted by Gasteiger charge is -2.36. The maximum Gasteiger partial charge on any atom is 0.257 e. The zero-order valence-electron chi connectivity index (χ0n) is 18.7. The van der Waals surface area contributed by atoms with Crippen LogP contribution in [0, 0.1) is 5.82 Å². The average Bonchev–Trinajstić information content (AvgIpc) is 3.26. The molecule has 2 saturated heterocycles. The van der Waals surface area contributed by atoms with Crippen LogP contribution in [0.25, 0.3) is 5.69 Å². The highest BCUT2D eigenvalue weighted by Gasteiger charge is 2.29. The monoisotopic (exact) mass is 443 g/mol. The van der Waals surface area contributed by atoms with Crippen LogP contribution in [0.4, 0.5) is 4.39 Å². The molecule has 0 aliphatic carbocycles. The van der Waals surface area contributed by atoms with Gasteiger partial charge in [-0.15, -0.1) is 0 Å². The molecular formula is C23H30FN5O3. The number of amides is 2. The first-order chi connectivity index (χ1) is 15.4.